The zero-order valence-corrected chi connectivity index (χ0v) is 10.0. The number of thioether (sulfide) groups is 1. The lowest BCUT2D eigenvalue weighted by molar-refractivity contribution is -0.127. The average Bonchev–Trinajstić information content (AvgIpc) is 2.21. The molecule has 0 aromatic heterocycles. The number of hydrazone groups is 1. The smallest absolute Gasteiger partial charge is 0.233 e. The van der Waals surface area contributed by atoms with Crippen molar-refractivity contribution in [2.24, 2.45) is 16.7 Å². The van der Waals surface area contributed by atoms with Gasteiger partial charge in [0.25, 0.3) is 0 Å². The first-order chi connectivity index (χ1) is 7.01. The second-order valence-corrected chi connectivity index (χ2v) is 4.12. The van der Waals surface area contributed by atoms with Gasteiger partial charge in [0.15, 0.2) is 5.17 Å². The third kappa shape index (κ3) is 6.01. The first kappa shape index (κ1) is 13.8. The molecule has 86 valence electrons. The molecule has 0 aromatic carbocycles. The molecule has 0 aliphatic carbocycles. The molecular weight excluding hydrogens is 212 g/mol. The van der Waals surface area contributed by atoms with Crippen LogP contribution in [-0.4, -0.2) is 34.8 Å². The fourth-order valence-corrected chi connectivity index (χ4v) is 1.49. The van der Waals surface area contributed by atoms with Crippen LogP contribution in [0.5, 0.6) is 0 Å². The van der Waals surface area contributed by atoms with Gasteiger partial charge in [0.1, 0.15) is 0 Å². The molecule has 4 N–H and O–H groups in total. The number of carbonyl (C=O) groups excluding carboxylic acids is 1. The van der Waals surface area contributed by atoms with E-state index in [4.69, 9.17) is 11.6 Å². The van der Waals surface area contributed by atoms with Crippen LogP contribution in [0, 0.1) is 0 Å². The number of likely N-dealkylation sites (N-methyl/N-ethyl adjacent to an activating group) is 1. The highest BCUT2D eigenvalue weighted by atomic mass is 32.2. The maximum atomic E-state index is 11.6. The van der Waals surface area contributed by atoms with Crippen molar-refractivity contribution in [2.75, 3.05) is 18.8 Å². The summed E-state index contributed by atoms with van der Waals surface area (Å²) in [6.07, 6.45) is 0. The van der Waals surface area contributed by atoms with E-state index < -0.39 is 0 Å². The molecule has 0 bridgehead atoms. The van der Waals surface area contributed by atoms with Crippen molar-refractivity contribution in [2.45, 2.75) is 13.8 Å². The van der Waals surface area contributed by atoms with E-state index in [1.807, 2.05) is 13.8 Å². The molecule has 0 aliphatic rings. The molecule has 0 atom stereocenters. The van der Waals surface area contributed by atoms with E-state index in [0.29, 0.717) is 13.1 Å². The Hall–Kier alpha value is -1.17. The van der Waals surface area contributed by atoms with Crippen LogP contribution in [0.25, 0.3) is 0 Å². The van der Waals surface area contributed by atoms with Crippen molar-refractivity contribution in [3.63, 3.8) is 0 Å². The van der Waals surface area contributed by atoms with Crippen molar-refractivity contribution >= 4 is 22.8 Å². The number of nitrogens with zero attached hydrogens (tertiary/aromatic N) is 2. The van der Waals surface area contributed by atoms with Gasteiger partial charge in [0.05, 0.1) is 5.75 Å². The second-order valence-electron chi connectivity index (χ2n) is 3.12. The molecule has 0 heterocycles. The van der Waals surface area contributed by atoms with Crippen LogP contribution in [-0.2, 0) is 4.79 Å². The highest BCUT2D eigenvalue weighted by Crippen LogP contribution is 2.04. The van der Waals surface area contributed by atoms with Crippen molar-refractivity contribution < 1.29 is 4.79 Å². The lowest BCUT2D eigenvalue weighted by Crippen LogP contribution is -2.34. The van der Waals surface area contributed by atoms with E-state index in [9.17, 15) is 4.79 Å². The molecule has 0 aliphatic heterocycles. The van der Waals surface area contributed by atoms with Gasteiger partial charge in [-0.1, -0.05) is 23.9 Å². The summed E-state index contributed by atoms with van der Waals surface area (Å²) >= 11 is 1.14. The summed E-state index contributed by atoms with van der Waals surface area (Å²) in [6.45, 7) is 8.82. The van der Waals surface area contributed by atoms with Crippen LogP contribution < -0.4 is 11.6 Å². The molecule has 0 saturated carbocycles. The molecule has 0 aromatic rings. The summed E-state index contributed by atoms with van der Waals surface area (Å²) in [5.74, 6) is 5.22. The number of carbonyl (C=O) groups is 1. The lowest BCUT2D eigenvalue weighted by atomic mass is 10.3. The highest BCUT2D eigenvalue weighted by Gasteiger charge is 2.12. The van der Waals surface area contributed by atoms with E-state index in [1.165, 1.54) is 0 Å². The van der Waals surface area contributed by atoms with Gasteiger partial charge >= 0.3 is 0 Å². The predicted octanol–water partition coefficient (Wildman–Crippen LogP) is 0.333. The number of hydrogen-bond acceptors (Lipinski definition) is 4. The molecule has 0 radical (unpaired) electrons. The standard InChI is InChI=1S/C9H18N4OS/c1-4-13(5-7(2)3)8(14)6-15-9(10)12-11/h2,4-6,11H2,1,3H3,(H2,10,12). The van der Waals surface area contributed by atoms with E-state index >= 15 is 0 Å². The number of amidine groups is 1. The normalized spacial score (nSPS) is 11.2. The van der Waals surface area contributed by atoms with E-state index in [1.54, 1.807) is 4.90 Å². The zero-order chi connectivity index (χ0) is 11.8. The molecule has 15 heavy (non-hydrogen) atoms. The quantitative estimate of drug-likeness (QED) is 0.234. The molecule has 0 spiro atoms. The van der Waals surface area contributed by atoms with E-state index in [-0.39, 0.29) is 16.8 Å². The van der Waals surface area contributed by atoms with E-state index in [2.05, 4.69) is 11.7 Å². The summed E-state index contributed by atoms with van der Waals surface area (Å²) < 4.78 is 0. The number of nitrogens with two attached hydrogens (primary N) is 2. The summed E-state index contributed by atoms with van der Waals surface area (Å²) in [5.41, 5.74) is 6.32. The van der Waals surface area contributed by atoms with Gasteiger partial charge in [-0.05, 0) is 13.8 Å². The third-order valence-corrected chi connectivity index (χ3v) is 2.46. The fourth-order valence-electron chi connectivity index (χ4n) is 0.966. The number of rotatable bonds is 5. The molecule has 1 amide bonds. The minimum atomic E-state index is 0.0112. The van der Waals surface area contributed by atoms with Crippen molar-refractivity contribution in [1.29, 1.82) is 0 Å². The maximum Gasteiger partial charge on any atom is 0.233 e. The molecule has 0 fully saturated rings. The van der Waals surface area contributed by atoms with Crippen molar-refractivity contribution in [1.82, 2.24) is 4.90 Å². The SMILES string of the molecule is C=C(C)CN(CC)C(=O)CSC(N)=NN. The van der Waals surface area contributed by atoms with Crippen LogP contribution in [0.15, 0.2) is 17.3 Å². The zero-order valence-electron chi connectivity index (χ0n) is 9.19. The third-order valence-electron chi connectivity index (χ3n) is 1.67. The molecular formula is C9H18N4OS. The van der Waals surface area contributed by atoms with Crippen LogP contribution in [0.3, 0.4) is 0 Å². The lowest BCUT2D eigenvalue weighted by Gasteiger charge is -2.20. The van der Waals surface area contributed by atoms with Crippen LogP contribution in [0.1, 0.15) is 13.8 Å². The Labute approximate surface area is 94.6 Å². The monoisotopic (exact) mass is 230 g/mol. The Kier molecular flexibility index (Phi) is 6.61. The topological polar surface area (TPSA) is 84.7 Å². The molecule has 0 saturated heterocycles. The Morgan fingerprint density at radius 1 is 1.60 bits per heavy atom. The van der Waals surface area contributed by atoms with Gasteiger partial charge in [-0.25, -0.2) is 0 Å². The van der Waals surface area contributed by atoms with Crippen molar-refractivity contribution in [3.8, 4) is 0 Å². The predicted molar refractivity (Wildman–Crippen MR) is 65.3 cm³/mol. The summed E-state index contributed by atoms with van der Waals surface area (Å²) in [6, 6.07) is 0. The second kappa shape index (κ2) is 7.17. The Balaban J connectivity index is 4.10. The maximum absolute atomic E-state index is 11.6. The van der Waals surface area contributed by atoms with Gasteiger partial charge in [0.2, 0.25) is 5.91 Å². The fraction of sp³-hybridized carbons (Fsp3) is 0.556. The first-order valence-corrected chi connectivity index (χ1v) is 5.58. The Bertz CT molecular complexity index is 265. The first-order valence-electron chi connectivity index (χ1n) is 4.59. The molecule has 0 rings (SSSR count). The largest absolute Gasteiger partial charge is 0.377 e. The summed E-state index contributed by atoms with van der Waals surface area (Å²) in [5, 5.41) is 3.49. The number of hydrogen-bond donors (Lipinski definition) is 2. The average molecular weight is 230 g/mol. The van der Waals surface area contributed by atoms with Gasteiger partial charge in [-0.3, -0.25) is 4.79 Å². The Morgan fingerprint density at radius 3 is 2.60 bits per heavy atom. The number of amides is 1. The van der Waals surface area contributed by atoms with Crippen LogP contribution in [0.2, 0.25) is 0 Å². The van der Waals surface area contributed by atoms with Crippen molar-refractivity contribution in [3.05, 3.63) is 12.2 Å². The van der Waals surface area contributed by atoms with Gasteiger partial charge in [-0.15, -0.1) is 0 Å². The van der Waals surface area contributed by atoms with Gasteiger partial charge < -0.3 is 16.5 Å². The van der Waals surface area contributed by atoms with Crippen LogP contribution in [0.4, 0.5) is 0 Å². The minimum Gasteiger partial charge on any atom is -0.377 e. The van der Waals surface area contributed by atoms with Crippen LogP contribution >= 0.6 is 11.8 Å². The van der Waals surface area contributed by atoms with E-state index in [0.717, 1.165) is 17.3 Å². The molecule has 0 unspecified atom stereocenters. The van der Waals surface area contributed by atoms with Gasteiger partial charge in [0, 0.05) is 13.1 Å². The Morgan fingerprint density at radius 2 is 2.20 bits per heavy atom. The minimum absolute atomic E-state index is 0.0112. The molecule has 5 nitrogen and oxygen atoms in total. The molecule has 6 heteroatoms. The highest BCUT2D eigenvalue weighted by molar-refractivity contribution is 8.14. The van der Waals surface area contributed by atoms with Gasteiger partial charge in [-0.2, -0.15) is 5.10 Å². The summed E-state index contributed by atoms with van der Waals surface area (Å²) in [7, 11) is 0. The summed E-state index contributed by atoms with van der Waals surface area (Å²) in [4.78, 5) is 13.4.